The van der Waals surface area contributed by atoms with Gasteiger partial charge in [0.25, 0.3) is 11.8 Å². The van der Waals surface area contributed by atoms with Gasteiger partial charge in [0.05, 0.1) is 33.8 Å². The van der Waals surface area contributed by atoms with Crippen LogP contribution in [0.3, 0.4) is 0 Å². The topological polar surface area (TPSA) is 165 Å². The van der Waals surface area contributed by atoms with E-state index in [9.17, 15) is 29.1 Å². The zero-order valence-electron chi connectivity index (χ0n) is 27.2. The summed E-state index contributed by atoms with van der Waals surface area (Å²) in [5.74, 6) is -4.66. The number of ketones is 1. The molecular formula is C36H33Cl2N3O9. The van der Waals surface area contributed by atoms with Crippen molar-refractivity contribution in [1.29, 1.82) is 0 Å². The van der Waals surface area contributed by atoms with E-state index in [1.165, 1.54) is 25.2 Å². The van der Waals surface area contributed by atoms with Crippen LogP contribution in [0.1, 0.15) is 53.2 Å². The van der Waals surface area contributed by atoms with Gasteiger partial charge in [-0.2, -0.15) is 0 Å². The van der Waals surface area contributed by atoms with E-state index in [1.807, 2.05) is 26.0 Å². The Hall–Kier alpha value is -5.20. The summed E-state index contributed by atoms with van der Waals surface area (Å²) < 4.78 is 10.9. The number of nitrogens with zero attached hydrogens (tertiary/aromatic N) is 2. The number of rotatable bonds is 13. The van der Waals surface area contributed by atoms with Crippen molar-refractivity contribution in [1.82, 2.24) is 10.2 Å². The first-order valence-corrected chi connectivity index (χ1v) is 16.3. The Morgan fingerprint density at radius 3 is 2.28 bits per heavy atom. The predicted molar refractivity (Wildman–Crippen MR) is 184 cm³/mol. The number of hydrogen-bond acceptors (Lipinski definition) is 9. The van der Waals surface area contributed by atoms with E-state index in [2.05, 4.69) is 10.5 Å². The van der Waals surface area contributed by atoms with Crippen molar-refractivity contribution in [3.8, 4) is 0 Å². The number of carbonyl (C=O) groups is 5. The number of carbonyl (C=O) groups excluding carboxylic acids is 4. The minimum atomic E-state index is -1.83. The number of esters is 1. The lowest BCUT2D eigenvalue weighted by Crippen LogP contribution is -2.54. The Balaban J connectivity index is 1.39. The molecule has 2 N–H and O–H groups in total. The first-order chi connectivity index (χ1) is 23.8. The van der Waals surface area contributed by atoms with Crippen LogP contribution in [0.15, 0.2) is 88.4 Å². The van der Waals surface area contributed by atoms with Gasteiger partial charge in [0.1, 0.15) is 11.6 Å². The van der Waals surface area contributed by atoms with E-state index < -0.39 is 60.2 Å². The Morgan fingerprint density at radius 1 is 0.980 bits per heavy atom. The quantitative estimate of drug-likeness (QED) is 0.160. The lowest BCUT2D eigenvalue weighted by atomic mass is 9.83. The second-order valence-electron chi connectivity index (χ2n) is 12.1. The molecule has 50 heavy (non-hydrogen) atoms. The Kier molecular flexibility index (Phi) is 10.9. The standard InChI is InChI=1S/C36H33Cl2N3O9/c1-20(2)32(39-33(45)29-16-21-10-7-8-15-28(21)49-29)25-18-36(50-40-25,22-11-5-4-6-12-22)35(47)41(3)26(17-30(43)44)27(42)19-48-34(46)31-23(37)13-9-14-24(31)38/h4-16,20,26,32H,17-19H2,1-3H3,(H,39,45)(H,43,44)/t26-,32-,36?/m0/s1. The highest BCUT2D eigenvalue weighted by molar-refractivity contribution is 6.39. The van der Waals surface area contributed by atoms with Crippen LogP contribution in [0.5, 0.6) is 0 Å². The molecule has 4 aromatic rings. The summed E-state index contributed by atoms with van der Waals surface area (Å²) in [6.45, 7) is 2.85. The van der Waals surface area contributed by atoms with Gasteiger partial charge < -0.3 is 29.3 Å². The molecule has 2 amide bonds. The number of nitrogens with one attached hydrogen (secondary N) is 1. The summed E-state index contributed by atoms with van der Waals surface area (Å²) >= 11 is 12.2. The third-order valence-corrected chi connectivity index (χ3v) is 8.97. The van der Waals surface area contributed by atoms with Gasteiger partial charge in [0.15, 0.2) is 18.2 Å². The van der Waals surface area contributed by atoms with Crippen LogP contribution in [0.2, 0.25) is 10.0 Å². The summed E-state index contributed by atoms with van der Waals surface area (Å²) in [5.41, 5.74) is -0.738. The summed E-state index contributed by atoms with van der Waals surface area (Å²) in [4.78, 5) is 72.8. The molecule has 0 spiro atoms. The molecule has 14 heteroatoms. The van der Waals surface area contributed by atoms with Crippen LogP contribution in [0.4, 0.5) is 0 Å². The fraction of sp³-hybridized carbons (Fsp3) is 0.278. The molecule has 0 saturated carbocycles. The average Bonchev–Trinajstić information content (AvgIpc) is 3.74. The zero-order valence-corrected chi connectivity index (χ0v) is 28.7. The molecule has 1 aliphatic rings. The third-order valence-electron chi connectivity index (χ3n) is 8.34. The number of carboxylic acid groups (broad SMARTS) is 1. The van der Waals surface area contributed by atoms with Crippen LogP contribution in [0.25, 0.3) is 11.0 Å². The van der Waals surface area contributed by atoms with Gasteiger partial charge in [0, 0.05) is 24.4 Å². The number of hydrogen-bond donors (Lipinski definition) is 2. The summed E-state index contributed by atoms with van der Waals surface area (Å²) in [5, 5.41) is 17.7. The average molecular weight is 723 g/mol. The number of aliphatic carboxylic acids is 1. The number of likely N-dealkylation sites (N-methyl/N-ethyl adjacent to an activating group) is 1. The van der Waals surface area contributed by atoms with Crippen molar-refractivity contribution in [2.75, 3.05) is 13.7 Å². The van der Waals surface area contributed by atoms with E-state index in [0.717, 1.165) is 10.3 Å². The smallest absolute Gasteiger partial charge is 0.341 e. The van der Waals surface area contributed by atoms with Crippen LogP contribution in [0, 0.1) is 5.92 Å². The number of oxime groups is 1. The normalized spacial score (nSPS) is 16.6. The molecule has 0 aliphatic carbocycles. The van der Waals surface area contributed by atoms with E-state index >= 15 is 0 Å². The first-order valence-electron chi connectivity index (χ1n) is 15.5. The van der Waals surface area contributed by atoms with Gasteiger partial charge in [-0.3, -0.25) is 19.2 Å². The molecule has 3 atom stereocenters. The number of para-hydroxylation sites is 1. The first kappa shape index (κ1) is 36.1. The van der Waals surface area contributed by atoms with Gasteiger partial charge in [-0.15, -0.1) is 0 Å². The molecule has 0 saturated heterocycles. The van der Waals surface area contributed by atoms with Gasteiger partial charge in [-0.05, 0) is 30.2 Å². The molecular weight excluding hydrogens is 689 g/mol. The number of Topliss-reactive ketones (excluding diaryl/α,β-unsaturated/α-hetero) is 1. The number of carboxylic acids is 1. The van der Waals surface area contributed by atoms with Gasteiger partial charge in [-0.1, -0.05) is 96.8 Å². The molecule has 1 aromatic heterocycles. The predicted octanol–water partition coefficient (Wildman–Crippen LogP) is 5.89. The molecule has 0 radical (unpaired) electrons. The Labute approximate surface area is 296 Å². The van der Waals surface area contributed by atoms with E-state index in [-0.39, 0.29) is 33.7 Å². The monoisotopic (exact) mass is 721 g/mol. The lowest BCUT2D eigenvalue weighted by Gasteiger charge is -2.34. The molecule has 3 aromatic carbocycles. The third kappa shape index (κ3) is 7.51. The van der Waals surface area contributed by atoms with Crippen molar-refractivity contribution in [3.63, 3.8) is 0 Å². The molecule has 1 unspecified atom stereocenters. The SMILES string of the molecule is CC(C)[C@H](NC(=O)c1cc2ccccc2o1)C1=NOC(C(=O)N(C)[C@@H](CC(=O)O)C(=O)COC(=O)c2c(Cl)cccc2Cl)(c2ccccc2)C1. The number of amides is 2. The highest BCUT2D eigenvalue weighted by atomic mass is 35.5. The number of halogens is 2. The van der Waals surface area contributed by atoms with Gasteiger partial charge in [-0.25, -0.2) is 4.79 Å². The highest BCUT2D eigenvalue weighted by Gasteiger charge is 2.53. The van der Waals surface area contributed by atoms with Gasteiger partial charge >= 0.3 is 11.9 Å². The molecule has 260 valence electrons. The molecule has 5 rings (SSSR count). The maximum Gasteiger partial charge on any atom is 0.341 e. The van der Waals surface area contributed by atoms with Crippen molar-refractivity contribution in [2.24, 2.45) is 11.1 Å². The van der Waals surface area contributed by atoms with E-state index in [4.69, 9.17) is 37.2 Å². The number of furan rings is 1. The van der Waals surface area contributed by atoms with Crippen LogP contribution >= 0.6 is 23.2 Å². The summed E-state index contributed by atoms with van der Waals surface area (Å²) in [6, 6.07) is 19.3. The maximum atomic E-state index is 14.5. The van der Waals surface area contributed by atoms with Crippen molar-refractivity contribution in [2.45, 2.75) is 44.4 Å². The van der Waals surface area contributed by atoms with Crippen LogP contribution in [-0.2, 0) is 29.6 Å². The van der Waals surface area contributed by atoms with Crippen LogP contribution < -0.4 is 5.32 Å². The second kappa shape index (κ2) is 15.1. The molecule has 1 aliphatic heterocycles. The van der Waals surface area contributed by atoms with Crippen molar-refractivity contribution >= 4 is 69.4 Å². The van der Waals surface area contributed by atoms with Crippen molar-refractivity contribution < 1.29 is 43.1 Å². The fourth-order valence-electron chi connectivity index (χ4n) is 5.72. The fourth-order valence-corrected chi connectivity index (χ4v) is 6.27. The largest absolute Gasteiger partial charge is 0.481 e. The molecule has 2 heterocycles. The van der Waals surface area contributed by atoms with E-state index in [1.54, 1.807) is 48.5 Å². The van der Waals surface area contributed by atoms with E-state index in [0.29, 0.717) is 16.9 Å². The number of benzene rings is 3. The molecule has 0 fully saturated rings. The molecule has 12 nitrogen and oxygen atoms in total. The minimum Gasteiger partial charge on any atom is -0.481 e. The maximum absolute atomic E-state index is 14.5. The number of ether oxygens (including phenoxy) is 1. The summed E-state index contributed by atoms with van der Waals surface area (Å²) in [6.07, 6.45) is -0.941. The second-order valence-corrected chi connectivity index (χ2v) is 12.9. The Morgan fingerprint density at radius 2 is 1.64 bits per heavy atom. The van der Waals surface area contributed by atoms with Crippen molar-refractivity contribution in [3.05, 3.63) is 106 Å². The highest BCUT2D eigenvalue weighted by Crippen LogP contribution is 2.39. The minimum absolute atomic E-state index is 0.00296. The lowest BCUT2D eigenvalue weighted by molar-refractivity contribution is -0.161. The Bertz CT molecular complexity index is 1920. The molecule has 0 bridgehead atoms. The van der Waals surface area contributed by atoms with Crippen LogP contribution in [-0.4, -0.2) is 71.0 Å². The zero-order chi connectivity index (χ0) is 36.2. The summed E-state index contributed by atoms with van der Waals surface area (Å²) in [7, 11) is 1.26. The van der Waals surface area contributed by atoms with Gasteiger partial charge in [0.2, 0.25) is 5.60 Å². The number of fused-ring (bicyclic) bond motifs is 1.